The van der Waals surface area contributed by atoms with Gasteiger partial charge in [0, 0.05) is 15.5 Å². The Kier molecular flexibility index (Phi) is 4.02. The number of carbonyl (C=O) groups excluding carboxylic acids is 1. The molecule has 1 unspecified atom stereocenters. The van der Waals surface area contributed by atoms with E-state index in [1.54, 1.807) is 18.2 Å². The summed E-state index contributed by atoms with van der Waals surface area (Å²) in [4.78, 5) is 12.2. The van der Waals surface area contributed by atoms with Gasteiger partial charge in [-0.2, -0.15) is 0 Å². The maximum atomic E-state index is 12.2. The summed E-state index contributed by atoms with van der Waals surface area (Å²) in [5, 5.41) is 3.72. The molecule has 2 rings (SSSR count). The summed E-state index contributed by atoms with van der Waals surface area (Å²) in [6, 6.07) is 5.52. The lowest BCUT2D eigenvalue weighted by molar-refractivity contribution is 0.0935. The first-order chi connectivity index (χ1) is 8.37. The lowest BCUT2D eigenvalue weighted by Crippen LogP contribution is -2.33. The Bertz CT molecular complexity index is 473. The molecule has 1 fully saturated rings. The number of nitrogens with one attached hydrogen (secondary N) is 1. The van der Waals surface area contributed by atoms with Gasteiger partial charge in [-0.3, -0.25) is 4.79 Å². The number of rotatable bonds is 2. The molecule has 1 aromatic carbocycles. The molecule has 1 amide bonds. The van der Waals surface area contributed by atoms with Gasteiger partial charge in [-0.05, 0) is 58.8 Å². The maximum absolute atomic E-state index is 12.2. The van der Waals surface area contributed by atoms with Gasteiger partial charge in [0.2, 0.25) is 0 Å². The average Bonchev–Trinajstić information content (AvgIpc) is 2.57. The first kappa shape index (κ1) is 13.9. The number of hydrogen-bond donors (Lipinski definition) is 1. The fourth-order valence-corrected chi connectivity index (χ4v) is 3.36. The second-order valence-electron chi connectivity index (χ2n) is 5.70. The zero-order chi connectivity index (χ0) is 13.3. The van der Waals surface area contributed by atoms with E-state index in [4.69, 9.17) is 11.6 Å². The molecule has 0 spiro atoms. The molecule has 1 N–H and O–H groups in total. The fourth-order valence-electron chi connectivity index (χ4n) is 2.50. The van der Waals surface area contributed by atoms with Crippen molar-refractivity contribution < 1.29 is 4.79 Å². The summed E-state index contributed by atoms with van der Waals surface area (Å²) in [6.07, 6.45) is 3.27. The Morgan fingerprint density at radius 3 is 2.78 bits per heavy atom. The first-order valence-electron chi connectivity index (χ1n) is 6.13. The zero-order valence-electron chi connectivity index (χ0n) is 10.6. The van der Waals surface area contributed by atoms with Gasteiger partial charge in [-0.25, -0.2) is 0 Å². The van der Waals surface area contributed by atoms with Crippen LogP contribution in [0.15, 0.2) is 22.7 Å². The third-order valence-corrected chi connectivity index (χ3v) is 4.37. The van der Waals surface area contributed by atoms with Crippen molar-refractivity contribution in [2.24, 2.45) is 5.41 Å². The minimum Gasteiger partial charge on any atom is -0.349 e. The van der Waals surface area contributed by atoms with Crippen LogP contribution in [0.2, 0.25) is 5.02 Å². The average molecular weight is 331 g/mol. The van der Waals surface area contributed by atoms with Crippen molar-refractivity contribution in [3.8, 4) is 0 Å². The van der Waals surface area contributed by atoms with E-state index in [0.29, 0.717) is 16.0 Å². The van der Waals surface area contributed by atoms with E-state index < -0.39 is 0 Å². The number of halogens is 2. The molecular weight excluding hydrogens is 314 g/mol. The monoisotopic (exact) mass is 329 g/mol. The Labute approximate surface area is 121 Å². The van der Waals surface area contributed by atoms with Gasteiger partial charge in [-0.1, -0.05) is 25.4 Å². The van der Waals surface area contributed by atoms with Crippen LogP contribution in [-0.4, -0.2) is 11.9 Å². The minimum absolute atomic E-state index is 0.0266. The third-order valence-electron chi connectivity index (χ3n) is 3.48. The third kappa shape index (κ3) is 3.27. The second kappa shape index (κ2) is 5.22. The van der Waals surface area contributed by atoms with E-state index in [1.165, 1.54) is 6.42 Å². The molecule has 2 nitrogen and oxygen atoms in total. The second-order valence-corrected chi connectivity index (χ2v) is 6.99. The summed E-state index contributed by atoms with van der Waals surface area (Å²) < 4.78 is 0.741. The predicted octanol–water partition coefficient (Wildman–Crippen LogP) is 4.41. The van der Waals surface area contributed by atoms with Crippen molar-refractivity contribution in [3.05, 3.63) is 33.3 Å². The van der Waals surface area contributed by atoms with Gasteiger partial charge in [-0.15, -0.1) is 0 Å². The highest BCUT2D eigenvalue weighted by molar-refractivity contribution is 9.10. The van der Waals surface area contributed by atoms with Crippen LogP contribution < -0.4 is 5.32 Å². The van der Waals surface area contributed by atoms with Crippen molar-refractivity contribution >= 4 is 33.4 Å². The number of hydrogen-bond acceptors (Lipinski definition) is 1. The minimum atomic E-state index is -0.0266. The van der Waals surface area contributed by atoms with E-state index in [9.17, 15) is 4.79 Å². The highest BCUT2D eigenvalue weighted by atomic mass is 79.9. The van der Waals surface area contributed by atoms with Crippen molar-refractivity contribution in [1.82, 2.24) is 5.32 Å². The van der Waals surface area contributed by atoms with E-state index in [0.717, 1.165) is 17.3 Å². The van der Waals surface area contributed by atoms with Crippen LogP contribution in [0.5, 0.6) is 0 Å². The normalized spacial score (nSPS) is 21.9. The van der Waals surface area contributed by atoms with Crippen molar-refractivity contribution in [1.29, 1.82) is 0 Å². The van der Waals surface area contributed by atoms with Crippen LogP contribution in [0.3, 0.4) is 0 Å². The molecule has 1 aliphatic carbocycles. The SMILES string of the molecule is CC1(C)CCC(NC(=O)c2ccc(Cl)cc2Br)C1. The Hall–Kier alpha value is -0.540. The van der Waals surface area contributed by atoms with Gasteiger partial charge >= 0.3 is 0 Å². The molecule has 18 heavy (non-hydrogen) atoms. The predicted molar refractivity (Wildman–Crippen MR) is 78.0 cm³/mol. The quantitative estimate of drug-likeness (QED) is 0.855. The van der Waals surface area contributed by atoms with Gasteiger partial charge < -0.3 is 5.32 Å². The summed E-state index contributed by atoms with van der Waals surface area (Å²) in [5.74, 6) is -0.0266. The Morgan fingerprint density at radius 1 is 1.50 bits per heavy atom. The smallest absolute Gasteiger partial charge is 0.252 e. The molecular formula is C14H17BrClNO. The molecule has 4 heteroatoms. The summed E-state index contributed by atoms with van der Waals surface area (Å²) in [6.45, 7) is 4.49. The van der Waals surface area contributed by atoms with Crippen LogP contribution in [0.25, 0.3) is 0 Å². The van der Waals surface area contributed by atoms with Crippen molar-refractivity contribution in [2.75, 3.05) is 0 Å². The van der Waals surface area contributed by atoms with E-state index in [1.807, 2.05) is 0 Å². The number of benzene rings is 1. The molecule has 0 radical (unpaired) electrons. The highest BCUT2D eigenvalue weighted by Crippen LogP contribution is 2.37. The molecule has 1 aromatic rings. The molecule has 1 atom stereocenters. The van der Waals surface area contributed by atoms with Crippen LogP contribution in [-0.2, 0) is 0 Å². The highest BCUT2D eigenvalue weighted by Gasteiger charge is 2.31. The molecule has 98 valence electrons. The Morgan fingerprint density at radius 2 is 2.22 bits per heavy atom. The molecule has 0 saturated heterocycles. The maximum Gasteiger partial charge on any atom is 0.252 e. The molecule has 0 bridgehead atoms. The summed E-state index contributed by atoms with van der Waals surface area (Å²) in [7, 11) is 0. The van der Waals surface area contributed by atoms with Gasteiger partial charge in [0.1, 0.15) is 0 Å². The van der Waals surface area contributed by atoms with Gasteiger partial charge in [0.05, 0.1) is 5.56 Å². The van der Waals surface area contributed by atoms with E-state index in [-0.39, 0.29) is 11.9 Å². The van der Waals surface area contributed by atoms with E-state index >= 15 is 0 Å². The topological polar surface area (TPSA) is 29.1 Å². The fraction of sp³-hybridized carbons (Fsp3) is 0.500. The van der Waals surface area contributed by atoms with Crippen LogP contribution >= 0.6 is 27.5 Å². The number of amides is 1. The molecule has 0 aliphatic heterocycles. The van der Waals surface area contributed by atoms with Crippen LogP contribution in [0, 0.1) is 5.41 Å². The Balaban J connectivity index is 2.04. The molecule has 0 heterocycles. The van der Waals surface area contributed by atoms with Crippen molar-refractivity contribution in [3.63, 3.8) is 0 Å². The van der Waals surface area contributed by atoms with Gasteiger partial charge in [0.15, 0.2) is 0 Å². The summed E-state index contributed by atoms with van der Waals surface area (Å²) in [5.41, 5.74) is 0.985. The van der Waals surface area contributed by atoms with Crippen LogP contribution in [0.1, 0.15) is 43.5 Å². The number of carbonyl (C=O) groups is 1. The molecule has 1 saturated carbocycles. The largest absolute Gasteiger partial charge is 0.349 e. The summed E-state index contributed by atoms with van der Waals surface area (Å²) >= 11 is 9.24. The standard InChI is InChI=1S/C14H17BrClNO/c1-14(2)6-5-10(8-14)17-13(18)11-4-3-9(16)7-12(11)15/h3-4,7,10H,5-6,8H2,1-2H3,(H,17,18). The molecule has 1 aliphatic rings. The first-order valence-corrected chi connectivity index (χ1v) is 7.30. The lowest BCUT2D eigenvalue weighted by Gasteiger charge is -2.18. The van der Waals surface area contributed by atoms with Crippen molar-refractivity contribution in [2.45, 2.75) is 39.2 Å². The van der Waals surface area contributed by atoms with Gasteiger partial charge in [0.25, 0.3) is 5.91 Å². The van der Waals surface area contributed by atoms with E-state index in [2.05, 4.69) is 35.1 Å². The zero-order valence-corrected chi connectivity index (χ0v) is 12.9. The molecule has 0 aromatic heterocycles. The lowest BCUT2D eigenvalue weighted by atomic mass is 9.92. The van der Waals surface area contributed by atoms with Crippen LogP contribution in [0.4, 0.5) is 0 Å².